The van der Waals surface area contributed by atoms with Gasteiger partial charge in [-0.15, -0.1) is 11.3 Å². The van der Waals surface area contributed by atoms with Gasteiger partial charge >= 0.3 is 0 Å². The number of carbonyl (C=O) groups excluding carboxylic acids is 1. The van der Waals surface area contributed by atoms with Crippen LogP contribution in [0.3, 0.4) is 0 Å². The van der Waals surface area contributed by atoms with Crippen molar-refractivity contribution in [3.05, 3.63) is 40.7 Å². The molecule has 0 spiro atoms. The second kappa shape index (κ2) is 6.45. The maximum absolute atomic E-state index is 13.8. The Labute approximate surface area is 142 Å². The van der Waals surface area contributed by atoms with E-state index in [4.69, 9.17) is 9.47 Å². The summed E-state index contributed by atoms with van der Waals surface area (Å²) in [4.78, 5) is 22.5. The van der Waals surface area contributed by atoms with Crippen LogP contribution in [-0.4, -0.2) is 52.2 Å². The molecule has 0 bridgehead atoms. The highest BCUT2D eigenvalue weighted by Gasteiger charge is 2.48. The zero-order chi connectivity index (χ0) is 16.5. The zero-order valence-electron chi connectivity index (χ0n) is 12.8. The van der Waals surface area contributed by atoms with Gasteiger partial charge < -0.3 is 14.4 Å². The number of aromatic nitrogens is 2. The SMILES string of the molecule is O=C(c1cscn1)N1C[C@@H](Oc2ncccc2F)[C@@H]2OCCC[C@@H]21. The smallest absolute Gasteiger partial charge is 0.273 e. The molecule has 126 valence electrons. The number of fused-ring (bicyclic) bond motifs is 1. The van der Waals surface area contributed by atoms with Gasteiger partial charge in [0.1, 0.15) is 17.9 Å². The fourth-order valence-electron chi connectivity index (χ4n) is 3.31. The normalized spacial score (nSPS) is 26.2. The van der Waals surface area contributed by atoms with Gasteiger partial charge in [-0.2, -0.15) is 0 Å². The Bertz CT molecular complexity index is 727. The molecule has 4 heterocycles. The highest BCUT2D eigenvalue weighted by Crippen LogP contribution is 2.32. The molecule has 2 saturated heterocycles. The molecule has 0 saturated carbocycles. The van der Waals surface area contributed by atoms with Gasteiger partial charge in [-0.25, -0.2) is 14.4 Å². The number of likely N-dealkylation sites (tertiary alicyclic amines) is 1. The molecule has 0 unspecified atom stereocenters. The minimum atomic E-state index is -0.519. The second-order valence-electron chi connectivity index (χ2n) is 5.82. The molecular weight excluding hydrogens is 333 g/mol. The number of hydrogen-bond donors (Lipinski definition) is 0. The Hall–Kier alpha value is -2.06. The molecule has 3 atom stereocenters. The predicted molar refractivity (Wildman–Crippen MR) is 84.5 cm³/mol. The summed E-state index contributed by atoms with van der Waals surface area (Å²) >= 11 is 1.38. The monoisotopic (exact) mass is 349 g/mol. The fraction of sp³-hybridized carbons (Fsp3) is 0.438. The van der Waals surface area contributed by atoms with E-state index < -0.39 is 11.9 Å². The van der Waals surface area contributed by atoms with Crippen LogP contribution in [0.4, 0.5) is 4.39 Å². The van der Waals surface area contributed by atoms with Gasteiger partial charge in [-0.05, 0) is 25.0 Å². The first-order chi connectivity index (χ1) is 11.7. The van der Waals surface area contributed by atoms with Crippen LogP contribution >= 0.6 is 11.3 Å². The molecule has 24 heavy (non-hydrogen) atoms. The highest BCUT2D eigenvalue weighted by atomic mass is 32.1. The lowest BCUT2D eigenvalue weighted by Gasteiger charge is -2.31. The average molecular weight is 349 g/mol. The first-order valence-electron chi connectivity index (χ1n) is 7.82. The molecule has 8 heteroatoms. The topological polar surface area (TPSA) is 64.6 Å². The summed E-state index contributed by atoms with van der Waals surface area (Å²) in [7, 11) is 0. The summed E-state index contributed by atoms with van der Waals surface area (Å²) in [6.07, 6.45) is 2.48. The Kier molecular flexibility index (Phi) is 4.15. The van der Waals surface area contributed by atoms with Crippen molar-refractivity contribution >= 4 is 17.2 Å². The number of thiazole rings is 1. The average Bonchev–Trinajstić information content (AvgIpc) is 3.25. The molecule has 6 nitrogen and oxygen atoms in total. The van der Waals surface area contributed by atoms with Crippen molar-refractivity contribution in [2.75, 3.05) is 13.2 Å². The van der Waals surface area contributed by atoms with Gasteiger partial charge in [-0.1, -0.05) is 0 Å². The first kappa shape index (κ1) is 15.5. The van der Waals surface area contributed by atoms with Crippen molar-refractivity contribution in [1.82, 2.24) is 14.9 Å². The van der Waals surface area contributed by atoms with Crippen LogP contribution in [0.15, 0.2) is 29.2 Å². The summed E-state index contributed by atoms with van der Waals surface area (Å²) in [6.45, 7) is 0.951. The quantitative estimate of drug-likeness (QED) is 0.849. The Morgan fingerprint density at radius 1 is 1.46 bits per heavy atom. The number of halogens is 1. The third-order valence-corrected chi connectivity index (χ3v) is 4.96. The van der Waals surface area contributed by atoms with Gasteiger partial charge in [0.2, 0.25) is 0 Å². The highest BCUT2D eigenvalue weighted by molar-refractivity contribution is 7.07. The maximum Gasteiger partial charge on any atom is 0.273 e. The molecular formula is C16H16FN3O3S. The van der Waals surface area contributed by atoms with Crippen molar-refractivity contribution in [3.8, 4) is 5.88 Å². The molecule has 1 amide bonds. The van der Waals surface area contributed by atoms with Crippen LogP contribution < -0.4 is 4.74 Å². The Morgan fingerprint density at radius 2 is 2.38 bits per heavy atom. The summed E-state index contributed by atoms with van der Waals surface area (Å²) in [6, 6.07) is 2.73. The van der Waals surface area contributed by atoms with Crippen LogP contribution in [0.1, 0.15) is 23.3 Å². The third kappa shape index (κ3) is 2.76. The van der Waals surface area contributed by atoms with Crippen LogP contribution in [0, 0.1) is 5.82 Å². The third-order valence-electron chi connectivity index (χ3n) is 4.38. The summed E-state index contributed by atoms with van der Waals surface area (Å²) in [5, 5.41) is 1.73. The van der Waals surface area contributed by atoms with Gasteiger partial charge in [0.25, 0.3) is 11.8 Å². The largest absolute Gasteiger partial charge is 0.468 e. The second-order valence-corrected chi connectivity index (χ2v) is 6.54. The predicted octanol–water partition coefficient (Wildman–Crippen LogP) is 2.13. The number of nitrogens with zero attached hydrogens (tertiary/aromatic N) is 3. The molecule has 0 radical (unpaired) electrons. The van der Waals surface area contributed by atoms with Crippen LogP contribution in [0.25, 0.3) is 0 Å². The van der Waals surface area contributed by atoms with Crippen molar-refractivity contribution in [2.45, 2.75) is 31.1 Å². The Morgan fingerprint density at radius 3 is 3.17 bits per heavy atom. The zero-order valence-corrected chi connectivity index (χ0v) is 13.6. The van der Waals surface area contributed by atoms with E-state index in [-0.39, 0.29) is 23.9 Å². The maximum atomic E-state index is 13.8. The Balaban J connectivity index is 1.57. The van der Waals surface area contributed by atoms with E-state index in [0.717, 1.165) is 12.8 Å². The number of rotatable bonds is 3. The standard InChI is InChI=1S/C16H16FN3O3S/c17-10-3-1-5-18-15(10)23-13-7-20(12-4-2-6-22-14(12)13)16(21)11-8-24-9-19-11/h1,3,5,8-9,12-14H,2,4,6-7H2/t12-,13+,14+/m0/s1. The van der Waals surface area contributed by atoms with Gasteiger partial charge in [-0.3, -0.25) is 4.79 Å². The minimum Gasteiger partial charge on any atom is -0.468 e. The lowest BCUT2D eigenvalue weighted by atomic mass is 10.0. The molecule has 2 fully saturated rings. The van der Waals surface area contributed by atoms with Gasteiger partial charge in [0, 0.05) is 18.2 Å². The molecule has 0 aromatic carbocycles. The fourth-order valence-corrected chi connectivity index (χ4v) is 3.84. The van der Waals surface area contributed by atoms with Crippen LogP contribution in [-0.2, 0) is 4.74 Å². The van der Waals surface area contributed by atoms with Crippen molar-refractivity contribution in [3.63, 3.8) is 0 Å². The number of ether oxygens (including phenoxy) is 2. The van der Waals surface area contributed by atoms with Crippen molar-refractivity contribution in [1.29, 1.82) is 0 Å². The molecule has 0 N–H and O–H groups in total. The van der Waals surface area contributed by atoms with E-state index in [1.807, 2.05) is 0 Å². The molecule has 2 aromatic heterocycles. The van der Waals surface area contributed by atoms with Crippen molar-refractivity contribution in [2.24, 2.45) is 0 Å². The van der Waals surface area contributed by atoms with Gasteiger partial charge in [0.15, 0.2) is 5.82 Å². The van der Waals surface area contributed by atoms with E-state index in [0.29, 0.717) is 18.8 Å². The molecule has 0 aliphatic carbocycles. The van der Waals surface area contributed by atoms with Crippen LogP contribution in [0.2, 0.25) is 0 Å². The summed E-state index contributed by atoms with van der Waals surface area (Å²) < 4.78 is 25.4. The van der Waals surface area contributed by atoms with Crippen molar-refractivity contribution < 1.29 is 18.7 Å². The van der Waals surface area contributed by atoms with E-state index in [9.17, 15) is 9.18 Å². The van der Waals surface area contributed by atoms with Crippen LogP contribution in [0.5, 0.6) is 5.88 Å². The van der Waals surface area contributed by atoms with E-state index >= 15 is 0 Å². The molecule has 2 aliphatic heterocycles. The van der Waals surface area contributed by atoms with Gasteiger partial charge in [0.05, 0.1) is 18.1 Å². The molecule has 4 rings (SSSR count). The number of pyridine rings is 1. The number of hydrogen-bond acceptors (Lipinski definition) is 6. The molecule has 2 aromatic rings. The van der Waals surface area contributed by atoms with E-state index in [2.05, 4.69) is 9.97 Å². The lowest BCUT2D eigenvalue weighted by molar-refractivity contribution is -0.0462. The summed E-state index contributed by atoms with van der Waals surface area (Å²) in [5.41, 5.74) is 2.06. The summed E-state index contributed by atoms with van der Waals surface area (Å²) in [5.74, 6) is -0.711. The minimum absolute atomic E-state index is 0.0571. The number of amides is 1. The van der Waals surface area contributed by atoms with E-state index in [1.165, 1.54) is 29.7 Å². The molecule has 2 aliphatic rings. The first-order valence-corrected chi connectivity index (χ1v) is 8.76. The number of carbonyl (C=O) groups is 1. The van der Waals surface area contributed by atoms with E-state index in [1.54, 1.807) is 15.8 Å². The lowest BCUT2D eigenvalue weighted by Crippen LogP contribution is -2.44.